The van der Waals surface area contributed by atoms with Gasteiger partial charge in [0.1, 0.15) is 11.3 Å². The average molecular weight is 404 g/mol. The first-order chi connectivity index (χ1) is 13.7. The standard InChI is InChI=1S/C20H15F3N2O4/c1-2-29-15-8-6-12(7-9-15)10-16-17(26)24-19(28)25(18(16)27)14-5-3-4-13(11-14)20(21,22)23/h3-11H,2H2,1H3,(H,24,26,28)/b16-10+. The Morgan fingerprint density at radius 3 is 2.38 bits per heavy atom. The number of imide groups is 2. The van der Waals surface area contributed by atoms with Crippen molar-refractivity contribution in [2.24, 2.45) is 0 Å². The van der Waals surface area contributed by atoms with Gasteiger partial charge in [-0.25, -0.2) is 9.69 Å². The average Bonchev–Trinajstić information content (AvgIpc) is 2.66. The third-order valence-corrected chi connectivity index (χ3v) is 4.04. The van der Waals surface area contributed by atoms with E-state index in [1.54, 1.807) is 24.3 Å². The van der Waals surface area contributed by atoms with Crippen molar-refractivity contribution in [2.45, 2.75) is 13.1 Å². The summed E-state index contributed by atoms with van der Waals surface area (Å²) in [7, 11) is 0. The molecule has 0 atom stereocenters. The molecule has 0 aliphatic carbocycles. The Morgan fingerprint density at radius 1 is 1.07 bits per heavy atom. The Bertz CT molecular complexity index is 998. The zero-order valence-electron chi connectivity index (χ0n) is 15.1. The van der Waals surface area contributed by atoms with Crippen LogP contribution in [0.5, 0.6) is 5.75 Å². The van der Waals surface area contributed by atoms with E-state index in [0.717, 1.165) is 12.1 Å². The summed E-state index contributed by atoms with van der Waals surface area (Å²) in [4.78, 5) is 37.5. The number of rotatable bonds is 4. The van der Waals surface area contributed by atoms with Crippen LogP contribution in [0.1, 0.15) is 18.1 Å². The Morgan fingerprint density at radius 2 is 1.76 bits per heavy atom. The number of barbiturate groups is 1. The molecule has 1 N–H and O–H groups in total. The summed E-state index contributed by atoms with van der Waals surface area (Å²) in [5.41, 5.74) is -1.23. The van der Waals surface area contributed by atoms with Gasteiger partial charge in [0.25, 0.3) is 11.8 Å². The van der Waals surface area contributed by atoms with Crippen LogP contribution in [0.3, 0.4) is 0 Å². The molecule has 0 aromatic heterocycles. The molecule has 3 rings (SSSR count). The molecule has 29 heavy (non-hydrogen) atoms. The van der Waals surface area contributed by atoms with Crippen molar-refractivity contribution in [3.05, 3.63) is 65.2 Å². The summed E-state index contributed by atoms with van der Waals surface area (Å²) in [6, 6.07) is 9.09. The molecule has 0 saturated carbocycles. The van der Waals surface area contributed by atoms with Crippen molar-refractivity contribution in [1.29, 1.82) is 0 Å². The zero-order chi connectivity index (χ0) is 21.2. The molecule has 9 heteroatoms. The molecule has 2 aromatic carbocycles. The van der Waals surface area contributed by atoms with Crippen LogP contribution in [0.25, 0.3) is 6.08 Å². The van der Waals surface area contributed by atoms with Gasteiger partial charge in [0.05, 0.1) is 17.9 Å². The number of amides is 4. The zero-order valence-corrected chi connectivity index (χ0v) is 15.1. The molecule has 150 valence electrons. The minimum Gasteiger partial charge on any atom is -0.494 e. The number of alkyl halides is 3. The summed E-state index contributed by atoms with van der Waals surface area (Å²) in [5, 5.41) is 1.97. The maximum absolute atomic E-state index is 13.0. The summed E-state index contributed by atoms with van der Waals surface area (Å²) in [6.45, 7) is 2.29. The van der Waals surface area contributed by atoms with Crippen molar-refractivity contribution in [2.75, 3.05) is 11.5 Å². The van der Waals surface area contributed by atoms with Gasteiger partial charge in [-0.15, -0.1) is 0 Å². The van der Waals surface area contributed by atoms with Gasteiger partial charge in [-0.05, 0) is 48.9 Å². The molecular weight excluding hydrogens is 389 g/mol. The Kier molecular flexibility index (Phi) is 5.40. The fourth-order valence-electron chi connectivity index (χ4n) is 2.71. The molecule has 6 nitrogen and oxygen atoms in total. The molecule has 1 fully saturated rings. The van der Waals surface area contributed by atoms with Crippen LogP contribution in [0.2, 0.25) is 0 Å². The number of halogens is 3. The first-order valence-electron chi connectivity index (χ1n) is 8.52. The highest BCUT2D eigenvalue weighted by molar-refractivity contribution is 6.39. The quantitative estimate of drug-likeness (QED) is 0.622. The van der Waals surface area contributed by atoms with Gasteiger partial charge in [-0.3, -0.25) is 14.9 Å². The van der Waals surface area contributed by atoms with Crippen molar-refractivity contribution in [3.8, 4) is 5.75 Å². The van der Waals surface area contributed by atoms with E-state index in [0.29, 0.717) is 28.9 Å². The largest absolute Gasteiger partial charge is 0.494 e. The number of urea groups is 1. The van der Waals surface area contributed by atoms with Gasteiger partial charge in [-0.2, -0.15) is 13.2 Å². The van der Waals surface area contributed by atoms with Crippen LogP contribution in [-0.2, 0) is 15.8 Å². The highest BCUT2D eigenvalue weighted by Gasteiger charge is 2.38. The van der Waals surface area contributed by atoms with Crippen LogP contribution < -0.4 is 15.0 Å². The van der Waals surface area contributed by atoms with Gasteiger partial charge in [0.15, 0.2) is 0 Å². The first kappa shape index (κ1) is 20.1. The summed E-state index contributed by atoms with van der Waals surface area (Å²) >= 11 is 0. The third-order valence-electron chi connectivity index (χ3n) is 4.04. The highest BCUT2D eigenvalue weighted by atomic mass is 19.4. The van der Waals surface area contributed by atoms with Crippen LogP contribution in [0.4, 0.5) is 23.7 Å². The molecule has 4 amide bonds. The maximum Gasteiger partial charge on any atom is 0.416 e. The van der Waals surface area contributed by atoms with E-state index < -0.39 is 29.6 Å². The van der Waals surface area contributed by atoms with E-state index in [-0.39, 0.29) is 11.3 Å². The molecule has 1 aliphatic rings. The predicted octanol–water partition coefficient (Wildman–Crippen LogP) is 3.77. The molecule has 1 aliphatic heterocycles. The summed E-state index contributed by atoms with van der Waals surface area (Å²) < 4.78 is 44.2. The van der Waals surface area contributed by atoms with Crippen molar-refractivity contribution in [3.63, 3.8) is 0 Å². The van der Waals surface area contributed by atoms with E-state index in [1.165, 1.54) is 12.1 Å². The van der Waals surface area contributed by atoms with E-state index in [2.05, 4.69) is 0 Å². The van der Waals surface area contributed by atoms with Crippen LogP contribution >= 0.6 is 0 Å². The number of nitrogens with zero attached hydrogens (tertiary/aromatic N) is 1. The molecule has 2 aromatic rings. The maximum atomic E-state index is 13.0. The fourth-order valence-corrected chi connectivity index (χ4v) is 2.71. The van der Waals surface area contributed by atoms with Crippen molar-refractivity contribution in [1.82, 2.24) is 5.32 Å². The number of nitrogens with one attached hydrogen (secondary N) is 1. The molecule has 0 radical (unpaired) electrons. The highest BCUT2D eigenvalue weighted by Crippen LogP contribution is 2.32. The van der Waals surface area contributed by atoms with Gasteiger partial charge in [-0.1, -0.05) is 18.2 Å². The van der Waals surface area contributed by atoms with E-state index in [9.17, 15) is 27.6 Å². The SMILES string of the molecule is CCOc1ccc(/C=C2\C(=O)NC(=O)N(c3cccc(C(F)(F)F)c3)C2=O)cc1. The second-order valence-electron chi connectivity index (χ2n) is 6.01. The second kappa shape index (κ2) is 7.78. The van der Waals surface area contributed by atoms with Crippen LogP contribution in [0.15, 0.2) is 54.1 Å². The monoisotopic (exact) mass is 404 g/mol. The number of carbonyl (C=O) groups is 3. The first-order valence-corrected chi connectivity index (χ1v) is 8.52. The topological polar surface area (TPSA) is 75.7 Å². The predicted molar refractivity (Wildman–Crippen MR) is 98.1 cm³/mol. The van der Waals surface area contributed by atoms with Gasteiger partial charge in [0.2, 0.25) is 0 Å². The lowest BCUT2D eigenvalue weighted by molar-refractivity contribution is -0.137. The normalized spacial score (nSPS) is 16.2. The Balaban J connectivity index is 1.96. The lowest BCUT2D eigenvalue weighted by Crippen LogP contribution is -2.54. The van der Waals surface area contributed by atoms with Crippen LogP contribution in [0, 0.1) is 0 Å². The molecule has 1 saturated heterocycles. The molecule has 0 bridgehead atoms. The number of hydrogen-bond acceptors (Lipinski definition) is 4. The summed E-state index contributed by atoms with van der Waals surface area (Å²) in [6.07, 6.45) is -3.40. The lowest BCUT2D eigenvalue weighted by Gasteiger charge is -2.26. The number of ether oxygens (including phenoxy) is 1. The van der Waals surface area contributed by atoms with E-state index >= 15 is 0 Å². The Labute approximate surface area is 163 Å². The van der Waals surface area contributed by atoms with Gasteiger partial charge < -0.3 is 4.74 Å². The molecule has 1 heterocycles. The van der Waals surface area contributed by atoms with Crippen molar-refractivity contribution < 1.29 is 32.3 Å². The fraction of sp³-hybridized carbons (Fsp3) is 0.150. The minimum absolute atomic E-state index is 0.299. The van der Waals surface area contributed by atoms with E-state index in [4.69, 9.17) is 4.74 Å². The number of benzene rings is 2. The molecular formula is C20H15F3N2O4. The van der Waals surface area contributed by atoms with Crippen molar-refractivity contribution >= 4 is 29.6 Å². The number of carbonyl (C=O) groups excluding carboxylic acids is 3. The molecule has 0 spiro atoms. The third kappa shape index (κ3) is 4.29. The summed E-state index contributed by atoms with van der Waals surface area (Å²) in [5.74, 6) is -1.36. The second-order valence-corrected chi connectivity index (χ2v) is 6.01. The van der Waals surface area contributed by atoms with Crippen LogP contribution in [-0.4, -0.2) is 24.5 Å². The minimum atomic E-state index is -4.65. The van der Waals surface area contributed by atoms with Gasteiger partial charge in [0, 0.05) is 0 Å². The Hall–Kier alpha value is -3.62. The van der Waals surface area contributed by atoms with E-state index in [1.807, 2.05) is 12.2 Å². The number of hydrogen-bond donors (Lipinski definition) is 1. The lowest BCUT2D eigenvalue weighted by atomic mass is 10.1. The smallest absolute Gasteiger partial charge is 0.416 e. The molecule has 0 unspecified atom stereocenters. The number of anilines is 1. The van der Waals surface area contributed by atoms with Gasteiger partial charge >= 0.3 is 12.2 Å².